The number of rotatable bonds is 5. The molecule has 5 nitrogen and oxygen atoms in total. The fraction of sp³-hybridized carbons (Fsp3) is 0.227. The molecular weight excluding hydrogens is 370 g/mol. The molecule has 0 atom stereocenters. The second-order valence-electron chi connectivity index (χ2n) is 6.67. The number of carbonyl (C=O) groups excluding carboxylic acids is 2. The molecule has 2 amide bonds. The van der Waals surface area contributed by atoms with Crippen LogP contribution in [0.3, 0.4) is 0 Å². The van der Waals surface area contributed by atoms with Gasteiger partial charge in [0, 0.05) is 29.1 Å². The van der Waals surface area contributed by atoms with Crippen LogP contribution in [0, 0.1) is 20.8 Å². The molecule has 0 radical (unpaired) electrons. The quantitative estimate of drug-likeness (QED) is 0.643. The molecule has 3 aromatic rings. The third-order valence-corrected chi connectivity index (χ3v) is 5.66. The summed E-state index contributed by atoms with van der Waals surface area (Å²) in [4.78, 5) is 30.0. The first-order valence-corrected chi connectivity index (χ1v) is 9.94. The summed E-state index contributed by atoms with van der Waals surface area (Å²) < 4.78 is 0. The maximum absolute atomic E-state index is 12.1. The number of amides is 2. The molecule has 0 fully saturated rings. The highest BCUT2D eigenvalue weighted by Crippen LogP contribution is 2.27. The molecule has 2 aromatic carbocycles. The van der Waals surface area contributed by atoms with Crippen molar-refractivity contribution in [2.75, 3.05) is 11.9 Å². The van der Waals surface area contributed by atoms with Gasteiger partial charge in [-0.05, 0) is 38.0 Å². The number of hydrogen-bond donors (Lipinski definition) is 2. The Morgan fingerprint density at radius 1 is 1.00 bits per heavy atom. The van der Waals surface area contributed by atoms with E-state index in [1.54, 1.807) is 11.3 Å². The molecule has 1 aromatic heterocycles. The van der Waals surface area contributed by atoms with Crippen molar-refractivity contribution in [3.05, 3.63) is 70.2 Å². The maximum atomic E-state index is 12.1. The molecule has 1 heterocycles. The minimum atomic E-state index is -0.653. The van der Waals surface area contributed by atoms with Gasteiger partial charge in [0.1, 0.15) is 5.01 Å². The molecule has 0 saturated carbocycles. The summed E-state index contributed by atoms with van der Waals surface area (Å²) in [5.74, 6) is -1.29. The lowest BCUT2D eigenvalue weighted by Gasteiger charge is -2.09. The predicted octanol–water partition coefficient (Wildman–Crippen LogP) is 4.03. The van der Waals surface area contributed by atoms with E-state index in [0.717, 1.165) is 32.3 Å². The van der Waals surface area contributed by atoms with E-state index in [0.29, 0.717) is 18.7 Å². The summed E-state index contributed by atoms with van der Waals surface area (Å²) in [5.41, 5.74) is 4.64. The number of hydrogen-bond acceptors (Lipinski definition) is 4. The summed E-state index contributed by atoms with van der Waals surface area (Å²) in [6.45, 7) is 6.18. The number of nitrogens with zero attached hydrogens (tertiary/aromatic N) is 1. The second-order valence-corrected chi connectivity index (χ2v) is 7.76. The second kappa shape index (κ2) is 8.80. The Labute approximate surface area is 168 Å². The van der Waals surface area contributed by atoms with Gasteiger partial charge in [-0.1, -0.05) is 42.5 Å². The van der Waals surface area contributed by atoms with Crippen LogP contribution in [0.15, 0.2) is 48.5 Å². The number of aromatic nitrogens is 1. The Morgan fingerprint density at radius 2 is 1.75 bits per heavy atom. The van der Waals surface area contributed by atoms with Crippen LogP contribution in [0.2, 0.25) is 0 Å². The zero-order chi connectivity index (χ0) is 20.1. The molecule has 6 heteroatoms. The van der Waals surface area contributed by atoms with E-state index >= 15 is 0 Å². The standard InChI is InChI=1S/C22H23N3O2S/c1-14-9-10-15(2)18(13-14)25-21(27)20(26)23-12-11-19-16(3)24-22(28-19)17-7-5-4-6-8-17/h4-10,13H,11-12H2,1-3H3,(H,23,26)(H,25,27). The molecule has 0 aliphatic carbocycles. The maximum Gasteiger partial charge on any atom is 0.313 e. The van der Waals surface area contributed by atoms with Gasteiger partial charge in [-0.3, -0.25) is 9.59 Å². The third-order valence-electron chi connectivity index (χ3n) is 4.40. The van der Waals surface area contributed by atoms with Gasteiger partial charge in [-0.2, -0.15) is 0 Å². The van der Waals surface area contributed by atoms with Crippen LogP contribution in [-0.2, 0) is 16.0 Å². The van der Waals surface area contributed by atoms with Crippen LogP contribution in [0.4, 0.5) is 5.69 Å². The van der Waals surface area contributed by atoms with Gasteiger partial charge in [0.15, 0.2) is 0 Å². The highest BCUT2D eigenvalue weighted by atomic mass is 32.1. The van der Waals surface area contributed by atoms with Crippen molar-refractivity contribution in [2.45, 2.75) is 27.2 Å². The lowest BCUT2D eigenvalue weighted by atomic mass is 10.1. The first-order chi connectivity index (χ1) is 13.4. The van der Waals surface area contributed by atoms with Crippen LogP contribution in [0.25, 0.3) is 10.6 Å². The molecule has 3 rings (SSSR count). The third kappa shape index (κ3) is 4.84. The minimum Gasteiger partial charge on any atom is -0.347 e. The normalized spacial score (nSPS) is 10.5. The Hall–Kier alpha value is -2.99. The molecule has 2 N–H and O–H groups in total. The summed E-state index contributed by atoms with van der Waals surface area (Å²) in [5, 5.41) is 6.33. The molecule has 144 valence electrons. The average molecular weight is 394 g/mol. The van der Waals surface area contributed by atoms with Gasteiger partial charge in [-0.15, -0.1) is 11.3 Å². The van der Waals surface area contributed by atoms with Crippen LogP contribution >= 0.6 is 11.3 Å². The highest BCUT2D eigenvalue weighted by Gasteiger charge is 2.15. The zero-order valence-electron chi connectivity index (χ0n) is 16.2. The monoisotopic (exact) mass is 393 g/mol. The van der Waals surface area contributed by atoms with Gasteiger partial charge < -0.3 is 10.6 Å². The van der Waals surface area contributed by atoms with Gasteiger partial charge in [0.2, 0.25) is 0 Å². The van der Waals surface area contributed by atoms with Crippen LogP contribution in [0.1, 0.15) is 21.7 Å². The van der Waals surface area contributed by atoms with E-state index in [9.17, 15) is 9.59 Å². The smallest absolute Gasteiger partial charge is 0.313 e. The zero-order valence-corrected chi connectivity index (χ0v) is 17.0. The van der Waals surface area contributed by atoms with E-state index in [1.807, 2.05) is 69.3 Å². The Bertz CT molecular complexity index is 996. The molecule has 0 unspecified atom stereocenters. The number of carbonyl (C=O) groups is 2. The number of benzene rings is 2. The van der Waals surface area contributed by atoms with Gasteiger partial charge in [0.05, 0.1) is 5.69 Å². The van der Waals surface area contributed by atoms with Crippen molar-refractivity contribution in [1.82, 2.24) is 10.3 Å². The van der Waals surface area contributed by atoms with Crippen molar-refractivity contribution in [3.63, 3.8) is 0 Å². The number of thiazole rings is 1. The van der Waals surface area contributed by atoms with Crippen molar-refractivity contribution in [2.24, 2.45) is 0 Å². The Morgan fingerprint density at radius 3 is 2.50 bits per heavy atom. The van der Waals surface area contributed by atoms with E-state index in [4.69, 9.17) is 0 Å². The number of aryl methyl sites for hydroxylation is 3. The summed E-state index contributed by atoms with van der Waals surface area (Å²) >= 11 is 1.62. The molecule has 28 heavy (non-hydrogen) atoms. The van der Waals surface area contributed by atoms with Crippen LogP contribution < -0.4 is 10.6 Å². The number of nitrogens with one attached hydrogen (secondary N) is 2. The van der Waals surface area contributed by atoms with Crippen LogP contribution in [0.5, 0.6) is 0 Å². The Kier molecular flexibility index (Phi) is 6.21. The summed E-state index contributed by atoms with van der Waals surface area (Å²) in [6, 6.07) is 15.7. The van der Waals surface area contributed by atoms with E-state index in [-0.39, 0.29) is 0 Å². The SMILES string of the molecule is Cc1ccc(C)c(NC(=O)C(=O)NCCc2sc(-c3ccccc3)nc2C)c1. The number of anilines is 1. The van der Waals surface area contributed by atoms with Gasteiger partial charge in [-0.25, -0.2) is 4.98 Å². The van der Waals surface area contributed by atoms with E-state index in [2.05, 4.69) is 15.6 Å². The summed E-state index contributed by atoms with van der Waals surface area (Å²) in [6.07, 6.45) is 0.638. The lowest BCUT2D eigenvalue weighted by Crippen LogP contribution is -2.36. The van der Waals surface area contributed by atoms with E-state index in [1.165, 1.54) is 0 Å². The average Bonchev–Trinajstić information content (AvgIpc) is 3.06. The van der Waals surface area contributed by atoms with Crippen molar-refractivity contribution in [1.29, 1.82) is 0 Å². The first kappa shape index (κ1) is 19.8. The lowest BCUT2D eigenvalue weighted by molar-refractivity contribution is -0.136. The van der Waals surface area contributed by atoms with Crippen molar-refractivity contribution in [3.8, 4) is 10.6 Å². The molecule has 0 aliphatic rings. The first-order valence-electron chi connectivity index (χ1n) is 9.12. The van der Waals surface area contributed by atoms with Crippen LogP contribution in [-0.4, -0.2) is 23.3 Å². The van der Waals surface area contributed by atoms with Gasteiger partial charge in [0.25, 0.3) is 0 Å². The van der Waals surface area contributed by atoms with Crippen molar-refractivity contribution < 1.29 is 9.59 Å². The molecular formula is C22H23N3O2S. The largest absolute Gasteiger partial charge is 0.347 e. The predicted molar refractivity (Wildman–Crippen MR) is 114 cm³/mol. The topological polar surface area (TPSA) is 71.1 Å². The fourth-order valence-corrected chi connectivity index (χ4v) is 3.85. The molecule has 0 aliphatic heterocycles. The van der Waals surface area contributed by atoms with E-state index < -0.39 is 11.8 Å². The molecule has 0 spiro atoms. The Balaban J connectivity index is 1.55. The van der Waals surface area contributed by atoms with Gasteiger partial charge >= 0.3 is 11.8 Å². The molecule has 0 saturated heterocycles. The highest BCUT2D eigenvalue weighted by molar-refractivity contribution is 7.15. The van der Waals surface area contributed by atoms with Crippen molar-refractivity contribution >= 4 is 28.8 Å². The minimum absolute atomic E-state index is 0.385. The fourth-order valence-electron chi connectivity index (χ4n) is 2.78. The summed E-state index contributed by atoms with van der Waals surface area (Å²) in [7, 11) is 0. The molecule has 0 bridgehead atoms.